The molecule has 4 aromatic rings. The van der Waals surface area contributed by atoms with Gasteiger partial charge < -0.3 is 4.74 Å². The van der Waals surface area contributed by atoms with E-state index in [0.717, 1.165) is 33.7 Å². The molecule has 2 heterocycles. The Morgan fingerprint density at radius 3 is 2.86 bits per heavy atom. The number of nitrogens with zero attached hydrogens (tertiary/aromatic N) is 3. The third-order valence-electron chi connectivity index (χ3n) is 3.56. The molecule has 0 saturated carbocycles. The highest BCUT2D eigenvalue weighted by molar-refractivity contribution is 5.78. The van der Waals surface area contributed by atoms with Gasteiger partial charge in [-0.05, 0) is 24.3 Å². The van der Waals surface area contributed by atoms with Gasteiger partial charge in [-0.2, -0.15) is 0 Å². The number of methoxy groups -OCH3 is 1. The van der Waals surface area contributed by atoms with Gasteiger partial charge in [0.05, 0.1) is 30.0 Å². The number of rotatable bonds is 2. The van der Waals surface area contributed by atoms with Crippen molar-refractivity contribution in [3.05, 3.63) is 60.9 Å². The van der Waals surface area contributed by atoms with Gasteiger partial charge >= 0.3 is 0 Å². The van der Waals surface area contributed by atoms with Crippen LogP contribution in [0.15, 0.2) is 60.9 Å². The minimum absolute atomic E-state index is 0.826. The Kier molecular flexibility index (Phi) is 2.60. The predicted octanol–water partition coefficient (Wildman–Crippen LogP) is 3.56. The summed E-state index contributed by atoms with van der Waals surface area (Å²) in [6, 6.07) is 15.9. The lowest BCUT2D eigenvalue weighted by Gasteiger charge is -2.01. The van der Waals surface area contributed by atoms with Gasteiger partial charge in [-0.25, -0.2) is 4.98 Å². The molecule has 0 unspecified atom stereocenters. The normalized spacial score (nSPS) is 11.1. The summed E-state index contributed by atoms with van der Waals surface area (Å²) >= 11 is 0. The average Bonchev–Trinajstić information content (AvgIpc) is 2.99. The number of imidazole rings is 1. The van der Waals surface area contributed by atoms with Crippen molar-refractivity contribution < 1.29 is 4.74 Å². The van der Waals surface area contributed by atoms with Gasteiger partial charge in [-0.3, -0.25) is 9.38 Å². The van der Waals surface area contributed by atoms with E-state index in [4.69, 9.17) is 4.74 Å². The fraction of sp³-hybridized carbons (Fsp3) is 0.0588. The molecular formula is C17H13N3O. The molecule has 0 spiro atoms. The molecule has 2 aromatic heterocycles. The zero-order chi connectivity index (χ0) is 14.2. The second-order valence-corrected chi connectivity index (χ2v) is 4.83. The molecule has 4 heteroatoms. The van der Waals surface area contributed by atoms with Gasteiger partial charge in [0.1, 0.15) is 5.75 Å². The first-order valence-electron chi connectivity index (χ1n) is 6.72. The van der Waals surface area contributed by atoms with E-state index >= 15 is 0 Å². The molecule has 0 aliphatic heterocycles. The summed E-state index contributed by atoms with van der Waals surface area (Å²) in [7, 11) is 1.67. The van der Waals surface area contributed by atoms with Crippen LogP contribution in [0.3, 0.4) is 0 Å². The van der Waals surface area contributed by atoms with E-state index in [1.54, 1.807) is 13.3 Å². The highest BCUT2D eigenvalue weighted by Gasteiger charge is 2.08. The molecular weight excluding hydrogens is 262 g/mol. The number of hydrogen-bond acceptors (Lipinski definition) is 3. The molecule has 0 saturated heterocycles. The van der Waals surface area contributed by atoms with E-state index in [9.17, 15) is 0 Å². The third kappa shape index (κ3) is 1.92. The van der Waals surface area contributed by atoms with E-state index < -0.39 is 0 Å². The SMILES string of the molecule is COc1cccc(-c2cn3c(cnc4ccccc43)n2)c1. The smallest absolute Gasteiger partial charge is 0.156 e. The van der Waals surface area contributed by atoms with E-state index in [2.05, 4.69) is 14.4 Å². The highest BCUT2D eigenvalue weighted by atomic mass is 16.5. The fourth-order valence-corrected chi connectivity index (χ4v) is 2.50. The number of aromatic nitrogens is 3. The molecule has 102 valence electrons. The lowest BCUT2D eigenvalue weighted by molar-refractivity contribution is 0.415. The Labute approximate surface area is 121 Å². The van der Waals surface area contributed by atoms with Gasteiger partial charge in [-0.1, -0.05) is 24.3 Å². The Morgan fingerprint density at radius 2 is 1.95 bits per heavy atom. The Morgan fingerprint density at radius 1 is 1.05 bits per heavy atom. The zero-order valence-electron chi connectivity index (χ0n) is 11.5. The summed E-state index contributed by atoms with van der Waals surface area (Å²) in [5.74, 6) is 0.826. The van der Waals surface area contributed by atoms with Gasteiger partial charge in [0.2, 0.25) is 0 Å². The van der Waals surface area contributed by atoms with E-state index in [0.29, 0.717) is 0 Å². The highest BCUT2D eigenvalue weighted by Crippen LogP contribution is 2.24. The largest absolute Gasteiger partial charge is 0.497 e. The fourth-order valence-electron chi connectivity index (χ4n) is 2.50. The van der Waals surface area contributed by atoms with E-state index in [1.165, 1.54) is 0 Å². The Hall–Kier alpha value is -2.88. The first kappa shape index (κ1) is 11.9. The van der Waals surface area contributed by atoms with Gasteiger partial charge in [-0.15, -0.1) is 0 Å². The molecule has 21 heavy (non-hydrogen) atoms. The number of fused-ring (bicyclic) bond motifs is 3. The summed E-state index contributed by atoms with van der Waals surface area (Å²) < 4.78 is 7.34. The first-order chi connectivity index (χ1) is 10.3. The van der Waals surface area contributed by atoms with Crippen LogP contribution in [0.25, 0.3) is 27.9 Å². The Balaban J connectivity index is 1.96. The van der Waals surface area contributed by atoms with Crippen molar-refractivity contribution in [3.8, 4) is 17.0 Å². The lowest BCUT2D eigenvalue weighted by atomic mass is 10.1. The van der Waals surface area contributed by atoms with Crippen LogP contribution < -0.4 is 4.74 Å². The minimum atomic E-state index is 0.826. The van der Waals surface area contributed by atoms with Crippen LogP contribution in [0, 0.1) is 0 Å². The predicted molar refractivity (Wildman–Crippen MR) is 82.5 cm³/mol. The van der Waals surface area contributed by atoms with Gasteiger partial charge in [0.15, 0.2) is 5.65 Å². The molecule has 2 aromatic carbocycles. The molecule has 4 rings (SSSR count). The number of hydrogen-bond donors (Lipinski definition) is 0. The molecule has 0 fully saturated rings. The van der Waals surface area contributed by atoms with Crippen LogP contribution in [-0.2, 0) is 0 Å². The van der Waals surface area contributed by atoms with Crippen LogP contribution in [0.1, 0.15) is 0 Å². The number of ether oxygens (including phenoxy) is 1. The molecule has 0 atom stereocenters. The van der Waals surface area contributed by atoms with Crippen LogP contribution >= 0.6 is 0 Å². The second-order valence-electron chi connectivity index (χ2n) is 4.83. The summed E-state index contributed by atoms with van der Waals surface area (Å²) in [4.78, 5) is 9.10. The van der Waals surface area contributed by atoms with E-state index in [1.807, 2.05) is 54.7 Å². The van der Waals surface area contributed by atoms with E-state index in [-0.39, 0.29) is 0 Å². The van der Waals surface area contributed by atoms with Gasteiger partial charge in [0, 0.05) is 11.8 Å². The summed E-state index contributed by atoms with van der Waals surface area (Å²) in [5, 5.41) is 0. The second kappa shape index (κ2) is 4.59. The van der Waals surface area contributed by atoms with Gasteiger partial charge in [0.25, 0.3) is 0 Å². The monoisotopic (exact) mass is 275 g/mol. The standard InChI is InChI=1S/C17H13N3O/c1-21-13-6-4-5-12(9-13)15-11-20-16-8-3-2-7-14(16)18-10-17(20)19-15/h2-11H,1H3. The maximum Gasteiger partial charge on any atom is 0.156 e. The van der Waals surface area contributed by atoms with Crippen molar-refractivity contribution in [3.63, 3.8) is 0 Å². The number of para-hydroxylation sites is 2. The van der Waals surface area contributed by atoms with Crippen molar-refractivity contribution >= 4 is 16.7 Å². The molecule has 0 bridgehead atoms. The summed E-state index contributed by atoms with van der Waals surface area (Å²) in [6.07, 6.45) is 3.83. The molecule has 0 radical (unpaired) electrons. The number of benzene rings is 2. The topological polar surface area (TPSA) is 39.4 Å². The van der Waals surface area contributed by atoms with Crippen molar-refractivity contribution in [2.24, 2.45) is 0 Å². The molecule has 0 amide bonds. The van der Waals surface area contributed by atoms with Crippen molar-refractivity contribution in [1.82, 2.24) is 14.4 Å². The lowest BCUT2D eigenvalue weighted by Crippen LogP contribution is -1.88. The minimum Gasteiger partial charge on any atom is -0.497 e. The quantitative estimate of drug-likeness (QED) is 0.561. The maximum atomic E-state index is 5.27. The zero-order valence-corrected chi connectivity index (χ0v) is 11.5. The van der Waals surface area contributed by atoms with Crippen molar-refractivity contribution in [2.75, 3.05) is 7.11 Å². The van der Waals surface area contributed by atoms with Crippen LogP contribution in [0.4, 0.5) is 0 Å². The first-order valence-corrected chi connectivity index (χ1v) is 6.72. The summed E-state index contributed by atoms with van der Waals surface area (Å²) in [5.41, 5.74) is 4.79. The molecule has 0 aliphatic carbocycles. The van der Waals surface area contributed by atoms with Crippen LogP contribution in [0.2, 0.25) is 0 Å². The maximum absolute atomic E-state index is 5.27. The van der Waals surface area contributed by atoms with Crippen molar-refractivity contribution in [2.45, 2.75) is 0 Å². The summed E-state index contributed by atoms with van der Waals surface area (Å²) in [6.45, 7) is 0. The van der Waals surface area contributed by atoms with Crippen molar-refractivity contribution in [1.29, 1.82) is 0 Å². The molecule has 0 aliphatic rings. The van der Waals surface area contributed by atoms with Crippen LogP contribution in [-0.4, -0.2) is 21.5 Å². The third-order valence-corrected chi connectivity index (χ3v) is 3.56. The average molecular weight is 275 g/mol. The molecule has 0 N–H and O–H groups in total. The Bertz CT molecular complexity index is 943. The molecule has 4 nitrogen and oxygen atoms in total. The van der Waals surface area contributed by atoms with Crippen LogP contribution in [0.5, 0.6) is 5.75 Å².